The standard InChI is InChI=1S/C6H3F4NO/c7-3-1-2(12)4(8)5(11-3)6(9)10/h1,6H,(H,11,12). The zero-order chi connectivity index (χ0) is 9.30. The van der Waals surface area contributed by atoms with Crippen LogP contribution in [0, 0.1) is 11.8 Å². The molecule has 0 amide bonds. The van der Waals surface area contributed by atoms with Crippen molar-refractivity contribution in [1.82, 2.24) is 4.98 Å². The van der Waals surface area contributed by atoms with Crippen LogP contribution in [0.5, 0.6) is 0 Å². The van der Waals surface area contributed by atoms with Crippen molar-refractivity contribution < 1.29 is 17.6 Å². The topological polar surface area (TPSA) is 32.9 Å². The van der Waals surface area contributed by atoms with Crippen LogP contribution in [0.4, 0.5) is 17.6 Å². The molecule has 0 atom stereocenters. The fourth-order valence-electron chi connectivity index (χ4n) is 0.681. The Bertz CT molecular complexity index is 346. The van der Waals surface area contributed by atoms with Crippen molar-refractivity contribution in [3.8, 4) is 0 Å². The minimum Gasteiger partial charge on any atom is -0.328 e. The van der Waals surface area contributed by atoms with Crippen LogP contribution in [0.25, 0.3) is 0 Å². The maximum atomic E-state index is 12.4. The molecule has 1 heterocycles. The summed E-state index contributed by atoms with van der Waals surface area (Å²) in [6.45, 7) is 0. The molecule has 2 nitrogen and oxygen atoms in total. The zero-order valence-electron chi connectivity index (χ0n) is 5.57. The summed E-state index contributed by atoms with van der Waals surface area (Å²) >= 11 is 0. The normalized spacial score (nSPS) is 10.8. The van der Waals surface area contributed by atoms with Crippen LogP contribution in [-0.4, -0.2) is 4.98 Å². The highest BCUT2D eigenvalue weighted by Crippen LogP contribution is 2.17. The molecule has 0 saturated carbocycles. The molecular formula is C6H3F4NO. The summed E-state index contributed by atoms with van der Waals surface area (Å²) in [5.74, 6) is -2.93. The fourth-order valence-corrected chi connectivity index (χ4v) is 0.681. The quantitative estimate of drug-likeness (QED) is 0.517. The van der Waals surface area contributed by atoms with Crippen molar-refractivity contribution >= 4 is 0 Å². The van der Waals surface area contributed by atoms with E-state index in [1.54, 1.807) is 0 Å². The molecule has 0 radical (unpaired) electrons. The predicted octanol–water partition coefficient (Wildman–Crippen LogP) is 1.59. The number of aromatic nitrogens is 1. The van der Waals surface area contributed by atoms with Crippen molar-refractivity contribution in [3.05, 3.63) is 33.7 Å². The van der Waals surface area contributed by atoms with E-state index in [0.29, 0.717) is 0 Å². The Morgan fingerprint density at radius 1 is 1.33 bits per heavy atom. The number of rotatable bonds is 1. The molecule has 1 aromatic rings. The molecule has 1 rings (SSSR count). The van der Waals surface area contributed by atoms with E-state index < -0.39 is 29.3 Å². The van der Waals surface area contributed by atoms with Crippen molar-refractivity contribution in [1.29, 1.82) is 0 Å². The Morgan fingerprint density at radius 2 is 1.92 bits per heavy atom. The Balaban J connectivity index is 3.38. The van der Waals surface area contributed by atoms with E-state index >= 15 is 0 Å². The molecule has 6 heteroatoms. The fraction of sp³-hybridized carbons (Fsp3) is 0.167. The van der Waals surface area contributed by atoms with Gasteiger partial charge in [0.25, 0.3) is 6.43 Å². The van der Waals surface area contributed by atoms with Crippen LogP contribution in [0.2, 0.25) is 0 Å². The molecule has 0 aliphatic carbocycles. The van der Waals surface area contributed by atoms with Crippen LogP contribution < -0.4 is 5.43 Å². The summed E-state index contributed by atoms with van der Waals surface area (Å²) in [5.41, 5.74) is -2.71. The second-order valence-electron chi connectivity index (χ2n) is 2.01. The van der Waals surface area contributed by atoms with E-state index in [-0.39, 0.29) is 6.07 Å². The lowest BCUT2D eigenvalue weighted by Crippen LogP contribution is -2.13. The molecule has 12 heavy (non-hydrogen) atoms. The second-order valence-corrected chi connectivity index (χ2v) is 2.01. The maximum Gasteiger partial charge on any atom is 0.281 e. The lowest BCUT2D eigenvalue weighted by molar-refractivity contribution is 0.138. The molecule has 0 unspecified atom stereocenters. The monoisotopic (exact) mass is 181 g/mol. The summed E-state index contributed by atoms with van der Waals surface area (Å²) in [4.78, 5) is 11.8. The number of hydrogen-bond donors (Lipinski definition) is 1. The van der Waals surface area contributed by atoms with Gasteiger partial charge in [0.15, 0.2) is 11.8 Å². The highest BCUT2D eigenvalue weighted by atomic mass is 19.3. The Kier molecular flexibility index (Phi) is 2.16. The maximum absolute atomic E-state index is 12.4. The highest BCUT2D eigenvalue weighted by molar-refractivity contribution is 5.09. The summed E-state index contributed by atoms with van der Waals surface area (Å²) < 4.78 is 48.3. The Labute approximate surface area is 63.8 Å². The molecule has 0 aliphatic heterocycles. The van der Waals surface area contributed by atoms with Gasteiger partial charge < -0.3 is 4.98 Å². The largest absolute Gasteiger partial charge is 0.328 e. The predicted molar refractivity (Wildman–Crippen MR) is 31.9 cm³/mol. The van der Waals surface area contributed by atoms with Crippen molar-refractivity contribution in [2.75, 3.05) is 0 Å². The van der Waals surface area contributed by atoms with Gasteiger partial charge in [-0.2, -0.15) is 4.39 Å². The number of H-pyrrole nitrogens is 1. The highest BCUT2D eigenvalue weighted by Gasteiger charge is 2.17. The average Bonchev–Trinajstić information content (AvgIpc) is 1.96. The van der Waals surface area contributed by atoms with E-state index in [1.165, 1.54) is 4.98 Å². The van der Waals surface area contributed by atoms with Crippen molar-refractivity contribution in [2.24, 2.45) is 0 Å². The first-order chi connectivity index (χ1) is 5.52. The third-order valence-corrected chi connectivity index (χ3v) is 1.18. The van der Waals surface area contributed by atoms with Gasteiger partial charge >= 0.3 is 0 Å². The Hall–Kier alpha value is -1.33. The van der Waals surface area contributed by atoms with Crippen LogP contribution in [-0.2, 0) is 0 Å². The van der Waals surface area contributed by atoms with E-state index in [4.69, 9.17) is 0 Å². The van der Waals surface area contributed by atoms with Gasteiger partial charge in [0.05, 0.1) is 0 Å². The summed E-state index contributed by atoms with van der Waals surface area (Å²) in [7, 11) is 0. The van der Waals surface area contributed by atoms with Crippen molar-refractivity contribution in [3.63, 3.8) is 0 Å². The smallest absolute Gasteiger partial charge is 0.281 e. The summed E-state index contributed by atoms with van der Waals surface area (Å²) in [5, 5.41) is 0. The third-order valence-electron chi connectivity index (χ3n) is 1.18. The number of halogens is 4. The summed E-state index contributed by atoms with van der Waals surface area (Å²) in [6.07, 6.45) is -3.23. The van der Waals surface area contributed by atoms with Gasteiger partial charge in [-0.25, -0.2) is 13.2 Å². The number of aromatic amines is 1. The lowest BCUT2D eigenvalue weighted by atomic mass is 10.3. The number of hydrogen-bond acceptors (Lipinski definition) is 1. The van der Waals surface area contributed by atoms with Crippen LogP contribution >= 0.6 is 0 Å². The van der Waals surface area contributed by atoms with Gasteiger partial charge in [-0.05, 0) is 0 Å². The molecule has 66 valence electrons. The molecule has 0 saturated heterocycles. The first kappa shape index (κ1) is 8.76. The lowest BCUT2D eigenvalue weighted by Gasteiger charge is -2.00. The minimum absolute atomic E-state index is 0.265. The second kappa shape index (κ2) is 2.96. The van der Waals surface area contributed by atoms with Crippen LogP contribution in [0.15, 0.2) is 10.9 Å². The third kappa shape index (κ3) is 1.46. The van der Waals surface area contributed by atoms with E-state index in [1.807, 2.05) is 0 Å². The Morgan fingerprint density at radius 3 is 2.42 bits per heavy atom. The number of alkyl halides is 2. The van der Waals surface area contributed by atoms with Crippen molar-refractivity contribution in [2.45, 2.75) is 6.43 Å². The molecule has 0 aromatic carbocycles. The van der Waals surface area contributed by atoms with Gasteiger partial charge in [-0.15, -0.1) is 0 Å². The first-order valence-corrected chi connectivity index (χ1v) is 2.88. The molecule has 0 fully saturated rings. The zero-order valence-corrected chi connectivity index (χ0v) is 5.57. The van der Waals surface area contributed by atoms with Gasteiger partial charge in [0.2, 0.25) is 5.43 Å². The van der Waals surface area contributed by atoms with Crippen LogP contribution in [0.1, 0.15) is 12.1 Å². The molecule has 1 N–H and O–H groups in total. The molecule has 0 bridgehead atoms. The van der Waals surface area contributed by atoms with E-state index in [2.05, 4.69) is 0 Å². The summed E-state index contributed by atoms with van der Waals surface area (Å²) in [6, 6.07) is 0.265. The number of pyridine rings is 1. The van der Waals surface area contributed by atoms with E-state index in [0.717, 1.165) is 0 Å². The SMILES string of the molecule is O=c1cc(F)[nH]c(C(F)F)c1F. The van der Waals surface area contributed by atoms with Gasteiger partial charge in [0.1, 0.15) is 5.69 Å². The molecular weight excluding hydrogens is 178 g/mol. The van der Waals surface area contributed by atoms with E-state index in [9.17, 15) is 22.4 Å². The van der Waals surface area contributed by atoms with Gasteiger partial charge in [-0.3, -0.25) is 4.79 Å². The molecule has 1 aromatic heterocycles. The number of nitrogens with one attached hydrogen (secondary N) is 1. The van der Waals surface area contributed by atoms with Gasteiger partial charge in [0, 0.05) is 6.07 Å². The average molecular weight is 181 g/mol. The first-order valence-electron chi connectivity index (χ1n) is 2.88. The van der Waals surface area contributed by atoms with Crippen LogP contribution in [0.3, 0.4) is 0 Å². The minimum atomic E-state index is -3.23. The molecule has 0 spiro atoms. The molecule has 0 aliphatic rings. The van der Waals surface area contributed by atoms with Gasteiger partial charge in [-0.1, -0.05) is 0 Å².